The number of rotatable bonds is 6. The van der Waals surface area contributed by atoms with Gasteiger partial charge in [-0.25, -0.2) is 13.8 Å². The first kappa shape index (κ1) is 33.5. The van der Waals surface area contributed by atoms with Gasteiger partial charge in [0.05, 0.1) is 22.4 Å². The molecule has 234 valence electrons. The molecule has 1 saturated heterocycles. The fraction of sp³-hybridized carbons (Fsp3) is 0.414. The lowest BCUT2D eigenvalue weighted by molar-refractivity contribution is -0.138. The van der Waals surface area contributed by atoms with Crippen LogP contribution in [0.2, 0.25) is 0 Å². The number of ether oxygens (including phenoxy) is 1. The van der Waals surface area contributed by atoms with Crippen molar-refractivity contribution in [3.05, 3.63) is 69.8 Å². The van der Waals surface area contributed by atoms with Gasteiger partial charge in [-0.3, -0.25) is 14.5 Å². The van der Waals surface area contributed by atoms with Crippen LogP contribution in [-0.4, -0.2) is 66.2 Å². The third-order valence-electron chi connectivity index (χ3n) is 7.09. The molecule has 3 heterocycles. The van der Waals surface area contributed by atoms with Crippen LogP contribution in [0.4, 0.5) is 39.1 Å². The molecular weight excluding hydrogens is 575 g/mol. The molecule has 43 heavy (non-hydrogen) atoms. The molecule has 0 spiro atoms. The summed E-state index contributed by atoms with van der Waals surface area (Å²) in [7, 11) is 1.91. The summed E-state index contributed by atoms with van der Waals surface area (Å²) in [6.07, 6.45) is -3.29. The van der Waals surface area contributed by atoms with Crippen LogP contribution in [0.15, 0.2) is 41.5 Å². The molecule has 1 aliphatic rings. The monoisotopic (exact) mass is 610 g/mol. The van der Waals surface area contributed by atoms with E-state index in [9.17, 15) is 22.8 Å². The summed E-state index contributed by atoms with van der Waals surface area (Å²) < 4.78 is 77.0. The number of likely N-dealkylation sites (N-methyl/N-ethyl adjacent to an activating group) is 1. The average molecular weight is 611 g/mol. The Morgan fingerprint density at radius 1 is 1.14 bits per heavy atom. The quantitative estimate of drug-likeness (QED) is 0.331. The first-order chi connectivity index (χ1) is 20.2. The van der Waals surface area contributed by atoms with Crippen LogP contribution in [-0.2, 0) is 10.9 Å². The number of aromatic amines is 1. The van der Waals surface area contributed by atoms with Gasteiger partial charge in [0.25, 0.3) is 5.91 Å². The Bertz CT molecular complexity index is 1470. The van der Waals surface area contributed by atoms with Crippen LogP contribution in [0.25, 0.3) is 11.1 Å². The van der Waals surface area contributed by atoms with Gasteiger partial charge in [-0.05, 0) is 46.9 Å². The second kappa shape index (κ2) is 14.0. The van der Waals surface area contributed by atoms with E-state index in [4.69, 9.17) is 10.5 Å². The SMILES string of the molecule is CCOCC.C[C@@H]1CN(c2cc(F)c(-c3ccc(N)nc3)c(F)c2NC(=O)c2c[nH]c(=O)cc2C(F)(F)F)C[C@H](C)N1C. The first-order valence-electron chi connectivity index (χ1n) is 13.6. The number of nitrogens with one attached hydrogen (secondary N) is 2. The van der Waals surface area contributed by atoms with Crippen LogP contribution in [0.3, 0.4) is 0 Å². The second-order valence-electron chi connectivity index (χ2n) is 10.0. The number of halogens is 5. The molecule has 1 fully saturated rings. The van der Waals surface area contributed by atoms with Crippen LogP contribution >= 0.6 is 0 Å². The van der Waals surface area contributed by atoms with Gasteiger partial charge in [0.1, 0.15) is 17.3 Å². The van der Waals surface area contributed by atoms with Crippen molar-refractivity contribution in [1.29, 1.82) is 0 Å². The third-order valence-corrected chi connectivity index (χ3v) is 7.09. The molecule has 1 amide bonds. The van der Waals surface area contributed by atoms with Crippen LogP contribution in [0.5, 0.6) is 0 Å². The van der Waals surface area contributed by atoms with E-state index in [1.807, 2.05) is 39.7 Å². The molecule has 4 N–H and O–H groups in total. The lowest BCUT2D eigenvalue weighted by atomic mass is 10.0. The van der Waals surface area contributed by atoms with Gasteiger partial charge < -0.3 is 25.7 Å². The maximum absolute atomic E-state index is 16.0. The van der Waals surface area contributed by atoms with E-state index < -0.39 is 51.7 Å². The molecule has 9 nitrogen and oxygen atoms in total. The van der Waals surface area contributed by atoms with Gasteiger partial charge in [-0.2, -0.15) is 13.2 Å². The summed E-state index contributed by atoms with van der Waals surface area (Å²) in [6, 6.07) is 3.87. The molecule has 2 atom stereocenters. The lowest BCUT2D eigenvalue weighted by Gasteiger charge is -2.44. The van der Waals surface area contributed by atoms with Gasteiger partial charge in [-0.15, -0.1) is 0 Å². The average Bonchev–Trinajstić information content (AvgIpc) is 2.94. The predicted octanol–water partition coefficient (Wildman–Crippen LogP) is 5.14. The molecule has 3 aromatic rings. The Hall–Kier alpha value is -4.04. The number of aromatic nitrogens is 2. The number of nitrogen functional groups attached to an aromatic ring is 1. The minimum absolute atomic E-state index is 0.0105. The second-order valence-corrected chi connectivity index (χ2v) is 10.0. The normalized spacial score (nSPS) is 17.3. The number of pyridine rings is 2. The van der Waals surface area contributed by atoms with E-state index in [0.29, 0.717) is 19.3 Å². The van der Waals surface area contributed by atoms with E-state index in [1.165, 1.54) is 12.1 Å². The fourth-order valence-corrected chi connectivity index (χ4v) is 4.67. The van der Waals surface area contributed by atoms with Gasteiger partial charge in [-0.1, -0.05) is 0 Å². The lowest BCUT2D eigenvalue weighted by Crippen LogP contribution is -2.55. The number of H-pyrrole nitrogens is 1. The number of anilines is 3. The number of hydrogen-bond donors (Lipinski definition) is 3. The Kier molecular flexibility index (Phi) is 10.9. The number of hydrogen-bond acceptors (Lipinski definition) is 7. The highest BCUT2D eigenvalue weighted by Gasteiger charge is 2.37. The minimum atomic E-state index is -5.03. The highest BCUT2D eigenvalue weighted by Crippen LogP contribution is 2.40. The molecule has 4 rings (SSSR count). The smallest absolute Gasteiger partial charge is 0.384 e. The molecule has 14 heteroatoms. The zero-order chi connectivity index (χ0) is 32.1. The number of piperazine rings is 1. The van der Waals surface area contributed by atoms with Crippen molar-refractivity contribution in [2.24, 2.45) is 0 Å². The van der Waals surface area contributed by atoms with Crippen LogP contribution < -0.4 is 21.5 Å². The number of carbonyl (C=O) groups is 1. The predicted molar refractivity (Wildman–Crippen MR) is 155 cm³/mol. The van der Waals surface area contributed by atoms with Crippen molar-refractivity contribution in [2.75, 3.05) is 49.3 Å². The van der Waals surface area contributed by atoms with E-state index in [-0.39, 0.29) is 35.2 Å². The summed E-state index contributed by atoms with van der Waals surface area (Å²) in [6.45, 7) is 10.2. The van der Waals surface area contributed by atoms with E-state index >= 15 is 8.78 Å². The summed E-state index contributed by atoms with van der Waals surface area (Å²) in [5, 5.41) is 2.21. The molecule has 2 aromatic heterocycles. The van der Waals surface area contributed by atoms with Crippen molar-refractivity contribution in [2.45, 2.75) is 46.0 Å². The molecule has 0 radical (unpaired) electrons. The third kappa shape index (κ3) is 7.87. The number of carbonyl (C=O) groups excluding carboxylic acids is 1. The van der Waals surface area contributed by atoms with Crippen molar-refractivity contribution in [1.82, 2.24) is 14.9 Å². The number of nitrogens with two attached hydrogens (primary N) is 1. The van der Waals surface area contributed by atoms with Crippen LogP contribution in [0, 0.1) is 11.6 Å². The molecular formula is C29H35F5N6O3. The van der Waals surface area contributed by atoms with Gasteiger partial charge in [0.2, 0.25) is 5.56 Å². The zero-order valence-electron chi connectivity index (χ0n) is 24.5. The maximum atomic E-state index is 16.0. The summed E-state index contributed by atoms with van der Waals surface area (Å²) >= 11 is 0. The molecule has 1 aromatic carbocycles. The Morgan fingerprint density at radius 2 is 1.77 bits per heavy atom. The van der Waals surface area contributed by atoms with E-state index in [1.54, 1.807) is 4.90 Å². The van der Waals surface area contributed by atoms with Gasteiger partial charge in [0, 0.05) is 68.5 Å². The van der Waals surface area contributed by atoms with Crippen molar-refractivity contribution in [3.63, 3.8) is 0 Å². The maximum Gasteiger partial charge on any atom is 0.417 e. The zero-order valence-corrected chi connectivity index (χ0v) is 24.5. The van der Waals surface area contributed by atoms with E-state index in [2.05, 4.69) is 15.2 Å². The largest absolute Gasteiger partial charge is 0.417 e. The summed E-state index contributed by atoms with van der Waals surface area (Å²) in [5.41, 5.74) is 1.02. The Labute approximate surface area is 245 Å². The Morgan fingerprint density at radius 3 is 2.28 bits per heavy atom. The van der Waals surface area contributed by atoms with Crippen molar-refractivity contribution < 1.29 is 31.5 Å². The molecule has 0 bridgehead atoms. The molecule has 0 unspecified atom stereocenters. The summed E-state index contributed by atoms with van der Waals surface area (Å²) in [4.78, 5) is 34.2. The number of amides is 1. The minimum Gasteiger partial charge on any atom is -0.384 e. The highest BCUT2D eigenvalue weighted by molar-refractivity contribution is 6.07. The molecule has 0 aliphatic carbocycles. The van der Waals surface area contributed by atoms with Gasteiger partial charge >= 0.3 is 6.18 Å². The molecule has 1 aliphatic heterocycles. The van der Waals surface area contributed by atoms with Crippen molar-refractivity contribution >= 4 is 23.1 Å². The van der Waals surface area contributed by atoms with E-state index in [0.717, 1.165) is 25.5 Å². The fourth-order valence-electron chi connectivity index (χ4n) is 4.67. The number of alkyl halides is 3. The van der Waals surface area contributed by atoms with Gasteiger partial charge in [0.15, 0.2) is 5.82 Å². The van der Waals surface area contributed by atoms with Crippen molar-refractivity contribution in [3.8, 4) is 11.1 Å². The standard InChI is InChI=1S/C25H25F5N6O2.C4H10O/c1-12-10-36(11-13(2)35(12)3)18-7-17(26)21(14-4-5-19(31)32-8-14)22(27)23(18)34-24(38)15-9-33-20(37)6-16(15)25(28,29)30;1-3-5-4-2/h4-9,12-13H,10-11H2,1-3H3,(H2,31,32)(H,33,37)(H,34,38);3-4H2,1-2H3/t12-,13+;. The summed E-state index contributed by atoms with van der Waals surface area (Å²) in [5.74, 6) is -3.38. The van der Waals surface area contributed by atoms with Crippen LogP contribution in [0.1, 0.15) is 43.6 Å². The molecule has 0 saturated carbocycles. The first-order valence-corrected chi connectivity index (χ1v) is 13.6. The Balaban J connectivity index is 0.000000934. The highest BCUT2D eigenvalue weighted by atomic mass is 19.4. The number of nitrogens with zero attached hydrogens (tertiary/aromatic N) is 3. The number of benzene rings is 1. The topological polar surface area (TPSA) is 117 Å².